The van der Waals surface area contributed by atoms with Crippen LogP contribution >= 0.6 is 0 Å². The highest BCUT2D eigenvalue weighted by atomic mass is 16.5. The van der Waals surface area contributed by atoms with E-state index in [1.165, 1.54) is 6.33 Å². The smallest absolute Gasteiger partial charge is 0.219 e. The molecule has 0 unspecified atom stereocenters. The molecular formula is C19H20N6O. The summed E-state index contributed by atoms with van der Waals surface area (Å²) in [4.78, 5) is 13.1. The summed E-state index contributed by atoms with van der Waals surface area (Å²) in [5, 5.41) is 13.7. The van der Waals surface area contributed by atoms with E-state index in [-0.39, 0.29) is 0 Å². The zero-order valence-corrected chi connectivity index (χ0v) is 14.9. The third kappa shape index (κ3) is 3.54. The third-order valence-electron chi connectivity index (χ3n) is 3.95. The average Bonchev–Trinajstić information content (AvgIpc) is 3.12. The van der Waals surface area contributed by atoms with Crippen molar-refractivity contribution in [1.82, 2.24) is 24.7 Å². The Kier molecular flexibility index (Phi) is 5.54. The molecule has 3 aromatic rings. The van der Waals surface area contributed by atoms with Crippen molar-refractivity contribution in [2.45, 2.75) is 33.1 Å². The lowest BCUT2D eigenvalue weighted by Crippen LogP contribution is -2.10. The molecule has 0 atom stereocenters. The van der Waals surface area contributed by atoms with Gasteiger partial charge in [-0.2, -0.15) is 10.4 Å². The summed E-state index contributed by atoms with van der Waals surface area (Å²) in [6.45, 7) is 4.62. The second-order valence-corrected chi connectivity index (χ2v) is 5.68. The maximum Gasteiger partial charge on any atom is 0.219 e. The molecule has 132 valence electrons. The van der Waals surface area contributed by atoms with Gasteiger partial charge in [0.15, 0.2) is 5.82 Å². The summed E-state index contributed by atoms with van der Waals surface area (Å²) in [7, 11) is 0. The van der Waals surface area contributed by atoms with Crippen LogP contribution in [0.15, 0.2) is 36.9 Å². The molecule has 0 fully saturated rings. The molecule has 3 heterocycles. The van der Waals surface area contributed by atoms with Crippen molar-refractivity contribution in [3.05, 3.63) is 59.4 Å². The first-order chi connectivity index (χ1) is 12.8. The van der Waals surface area contributed by atoms with E-state index in [2.05, 4.69) is 33.0 Å². The van der Waals surface area contributed by atoms with Gasteiger partial charge in [-0.1, -0.05) is 13.3 Å². The molecule has 0 aliphatic carbocycles. The molecule has 3 aromatic heterocycles. The number of aromatic nitrogens is 5. The highest BCUT2D eigenvalue weighted by Gasteiger charge is 2.16. The van der Waals surface area contributed by atoms with Gasteiger partial charge in [-0.15, -0.1) is 0 Å². The Hall–Kier alpha value is -3.27. The number of ether oxygens (including phenoxy) is 1. The van der Waals surface area contributed by atoms with Crippen LogP contribution in [0.25, 0.3) is 5.82 Å². The zero-order chi connectivity index (χ0) is 18.4. The van der Waals surface area contributed by atoms with Gasteiger partial charge in [0, 0.05) is 24.4 Å². The lowest BCUT2D eigenvalue weighted by Gasteiger charge is -2.13. The number of rotatable bonds is 7. The lowest BCUT2D eigenvalue weighted by molar-refractivity contribution is 0.321. The first kappa shape index (κ1) is 17.5. The highest BCUT2D eigenvalue weighted by molar-refractivity contribution is 5.44. The molecule has 0 radical (unpaired) electrons. The maximum absolute atomic E-state index is 9.34. The number of nitrogens with zero attached hydrogens (tertiary/aromatic N) is 6. The Bertz CT molecular complexity index is 928. The Labute approximate surface area is 152 Å². The van der Waals surface area contributed by atoms with Crippen molar-refractivity contribution in [1.29, 1.82) is 5.26 Å². The minimum atomic E-state index is 0.476. The second-order valence-electron chi connectivity index (χ2n) is 5.68. The maximum atomic E-state index is 9.34. The fraction of sp³-hybridized carbons (Fsp3) is 0.316. The zero-order valence-electron chi connectivity index (χ0n) is 14.9. The van der Waals surface area contributed by atoms with Gasteiger partial charge in [0.05, 0.1) is 23.6 Å². The van der Waals surface area contributed by atoms with Gasteiger partial charge < -0.3 is 4.74 Å². The molecule has 3 rings (SSSR count). The van der Waals surface area contributed by atoms with E-state index in [0.29, 0.717) is 30.3 Å². The average molecular weight is 348 g/mol. The van der Waals surface area contributed by atoms with Crippen molar-refractivity contribution in [2.75, 3.05) is 6.61 Å². The van der Waals surface area contributed by atoms with Gasteiger partial charge in [-0.05, 0) is 31.5 Å². The minimum absolute atomic E-state index is 0.476. The van der Waals surface area contributed by atoms with E-state index in [1.807, 2.05) is 13.0 Å². The van der Waals surface area contributed by atoms with Crippen molar-refractivity contribution in [2.24, 2.45) is 0 Å². The summed E-state index contributed by atoms with van der Waals surface area (Å²) in [6, 6.07) is 7.54. The first-order valence-corrected chi connectivity index (χ1v) is 8.62. The van der Waals surface area contributed by atoms with E-state index < -0.39 is 0 Å². The van der Waals surface area contributed by atoms with Gasteiger partial charge in [-0.3, -0.25) is 0 Å². The summed E-state index contributed by atoms with van der Waals surface area (Å²) < 4.78 is 7.36. The van der Waals surface area contributed by atoms with E-state index in [1.54, 1.807) is 29.2 Å². The Morgan fingerprint density at radius 2 is 2.04 bits per heavy atom. The Morgan fingerprint density at radius 3 is 2.81 bits per heavy atom. The number of hydrogen-bond donors (Lipinski definition) is 0. The van der Waals surface area contributed by atoms with E-state index in [0.717, 1.165) is 29.8 Å². The van der Waals surface area contributed by atoms with E-state index in [9.17, 15) is 5.26 Å². The molecule has 0 amide bonds. The van der Waals surface area contributed by atoms with Crippen molar-refractivity contribution in [3.63, 3.8) is 0 Å². The molecule has 0 spiro atoms. The fourth-order valence-electron chi connectivity index (χ4n) is 2.82. The molecular weight excluding hydrogens is 328 g/mol. The molecule has 7 nitrogen and oxygen atoms in total. The molecule has 0 aliphatic rings. The summed E-state index contributed by atoms with van der Waals surface area (Å²) in [5.74, 6) is 1.16. The van der Waals surface area contributed by atoms with Gasteiger partial charge >= 0.3 is 0 Å². The van der Waals surface area contributed by atoms with Gasteiger partial charge in [-0.25, -0.2) is 19.6 Å². The van der Waals surface area contributed by atoms with Crippen LogP contribution in [-0.2, 0) is 12.8 Å². The van der Waals surface area contributed by atoms with Crippen LogP contribution in [0, 0.1) is 11.3 Å². The van der Waals surface area contributed by atoms with Gasteiger partial charge in [0.2, 0.25) is 5.88 Å². The van der Waals surface area contributed by atoms with Gasteiger partial charge in [0.1, 0.15) is 12.4 Å². The SMILES string of the molecule is CCCc1c(Cc2ccnn2-c2ncccc2C#N)ncnc1OCC. The van der Waals surface area contributed by atoms with Crippen LogP contribution in [0.1, 0.15) is 42.8 Å². The Morgan fingerprint density at radius 1 is 1.15 bits per heavy atom. The minimum Gasteiger partial charge on any atom is -0.478 e. The van der Waals surface area contributed by atoms with Crippen LogP contribution in [0.5, 0.6) is 5.88 Å². The number of nitriles is 1. The Balaban J connectivity index is 2.00. The molecule has 26 heavy (non-hydrogen) atoms. The normalized spacial score (nSPS) is 10.5. The van der Waals surface area contributed by atoms with Crippen LogP contribution < -0.4 is 4.74 Å². The lowest BCUT2D eigenvalue weighted by atomic mass is 10.1. The second kappa shape index (κ2) is 8.21. The van der Waals surface area contributed by atoms with E-state index >= 15 is 0 Å². The first-order valence-electron chi connectivity index (χ1n) is 8.62. The number of hydrogen-bond acceptors (Lipinski definition) is 6. The van der Waals surface area contributed by atoms with Crippen molar-refractivity contribution in [3.8, 4) is 17.8 Å². The molecule has 0 saturated heterocycles. The summed E-state index contributed by atoms with van der Waals surface area (Å²) in [5.41, 5.74) is 3.30. The molecule has 0 aliphatic heterocycles. The van der Waals surface area contributed by atoms with Crippen LogP contribution in [0.3, 0.4) is 0 Å². The van der Waals surface area contributed by atoms with Crippen LogP contribution in [-0.4, -0.2) is 31.3 Å². The predicted molar refractivity (Wildman–Crippen MR) is 96.1 cm³/mol. The van der Waals surface area contributed by atoms with Crippen molar-refractivity contribution >= 4 is 0 Å². The molecule has 0 saturated carbocycles. The molecule has 0 N–H and O–H groups in total. The largest absolute Gasteiger partial charge is 0.478 e. The van der Waals surface area contributed by atoms with Gasteiger partial charge in [0.25, 0.3) is 0 Å². The van der Waals surface area contributed by atoms with E-state index in [4.69, 9.17) is 4.74 Å². The molecule has 7 heteroatoms. The van der Waals surface area contributed by atoms with Crippen LogP contribution in [0.4, 0.5) is 0 Å². The summed E-state index contributed by atoms with van der Waals surface area (Å²) >= 11 is 0. The highest BCUT2D eigenvalue weighted by Crippen LogP contribution is 2.23. The number of pyridine rings is 1. The summed E-state index contributed by atoms with van der Waals surface area (Å²) in [6.07, 6.45) is 7.25. The molecule has 0 aromatic carbocycles. The van der Waals surface area contributed by atoms with Crippen molar-refractivity contribution < 1.29 is 4.74 Å². The topological polar surface area (TPSA) is 89.5 Å². The standard InChI is InChI=1S/C19H20N6O/c1-3-6-16-17(22-13-23-19(16)26-4-2)11-15-8-10-24-25(15)18-14(12-20)7-5-9-21-18/h5,7-10,13H,3-4,6,11H2,1-2H3. The van der Waals surface area contributed by atoms with Crippen LogP contribution in [0.2, 0.25) is 0 Å². The molecule has 0 bridgehead atoms. The third-order valence-corrected chi connectivity index (χ3v) is 3.95. The fourth-order valence-corrected chi connectivity index (χ4v) is 2.82. The predicted octanol–water partition coefficient (Wildman–Crippen LogP) is 2.87. The monoisotopic (exact) mass is 348 g/mol. The quantitative estimate of drug-likeness (QED) is 0.652.